The van der Waals surface area contributed by atoms with E-state index in [2.05, 4.69) is 13.8 Å². The molecule has 0 aromatic rings. The number of aliphatic carboxylic acids is 2. The van der Waals surface area contributed by atoms with Gasteiger partial charge in [0, 0.05) is 12.8 Å². The van der Waals surface area contributed by atoms with Crippen LogP contribution in [-0.2, 0) is 33.3 Å². The number of rotatable bonds is 32. The van der Waals surface area contributed by atoms with Gasteiger partial charge in [0.2, 0.25) is 0 Å². The second-order valence-electron chi connectivity index (χ2n) is 13.3. The van der Waals surface area contributed by atoms with Crippen molar-refractivity contribution in [2.45, 2.75) is 247 Å². The molecule has 48 heavy (non-hydrogen) atoms. The molecule has 2 N–H and O–H groups in total. The van der Waals surface area contributed by atoms with Gasteiger partial charge in [-0.3, -0.25) is 9.59 Å². The summed E-state index contributed by atoms with van der Waals surface area (Å²) in [4.78, 5) is 20.7. The second kappa shape index (κ2) is 61.7. The Bertz CT molecular complexity index is 498. The molecule has 0 heterocycles. The number of hydrogen-bond acceptors (Lipinski definition) is 3. The van der Waals surface area contributed by atoms with Crippen molar-refractivity contribution in [2.24, 2.45) is 0 Å². The van der Waals surface area contributed by atoms with E-state index in [-0.39, 0.29) is 0 Å². The molecule has 5 nitrogen and oxygen atoms in total. The zero-order chi connectivity index (χ0) is 37.2. The molecule has 0 rings (SSSR count). The normalized spacial score (nSPS) is 9.92. The molecule has 0 amide bonds. The van der Waals surface area contributed by atoms with Crippen molar-refractivity contribution in [3.63, 3.8) is 0 Å². The Kier molecular flexibility index (Phi) is 73.0. The molecule has 0 spiro atoms. The molecule has 0 unspecified atom stereocenters. The summed E-state index contributed by atoms with van der Waals surface area (Å²) in [6.45, 7) is 12.5. The fourth-order valence-electron chi connectivity index (χ4n) is 5.30. The van der Waals surface area contributed by atoms with Crippen molar-refractivity contribution in [2.75, 3.05) is 0 Å². The first kappa shape index (κ1) is 56.8. The van der Waals surface area contributed by atoms with Crippen LogP contribution in [-0.4, -0.2) is 22.2 Å². The molecule has 0 aromatic heterocycles. The Morgan fingerprint density at radius 3 is 0.604 bits per heavy atom. The van der Waals surface area contributed by atoms with E-state index < -0.39 is 11.9 Å². The van der Waals surface area contributed by atoms with Gasteiger partial charge in [0.05, 0.1) is 0 Å². The number of carbonyl (C=O) groups is 2. The molecule has 0 aliphatic carbocycles. The number of carboxylic acid groups (broad SMARTS) is 2. The first-order chi connectivity index (χ1) is 23.4. The van der Waals surface area contributed by atoms with Crippen LogP contribution in [0.4, 0.5) is 0 Å². The summed E-state index contributed by atoms with van der Waals surface area (Å²) in [6.07, 6.45) is 44.4. The fraction of sp³-hybridized carbons (Fsp3) is 0.905. The Balaban J connectivity index is -0.000000210. The van der Waals surface area contributed by atoms with E-state index in [1.54, 1.807) is 0 Å². The Hall–Kier alpha value is -0.546. The van der Waals surface area contributed by atoms with E-state index in [4.69, 9.17) is 13.5 Å². The Labute approximate surface area is 314 Å². The van der Waals surface area contributed by atoms with Crippen LogP contribution in [0.25, 0.3) is 0 Å². The average Bonchev–Trinajstić information content (AvgIpc) is 3.06. The van der Waals surface area contributed by atoms with Gasteiger partial charge >= 0.3 is 35.7 Å². The van der Waals surface area contributed by atoms with E-state index in [0.29, 0.717) is 12.8 Å². The van der Waals surface area contributed by atoms with Crippen LogP contribution in [0.5, 0.6) is 0 Å². The van der Waals surface area contributed by atoms with E-state index in [1.807, 2.05) is 40.5 Å². The van der Waals surface area contributed by atoms with Crippen LogP contribution in [0.15, 0.2) is 0 Å². The van der Waals surface area contributed by atoms with Gasteiger partial charge in [0.25, 0.3) is 0 Å². The summed E-state index contributed by atoms with van der Waals surface area (Å²) < 4.78 is 8.25. The molecule has 0 bridgehead atoms. The molecule has 0 saturated carbocycles. The predicted molar refractivity (Wildman–Crippen MR) is 206 cm³/mol. The van der Waals surface area contributed by atoms with Gasteiger partial charge in [0.15, 0.2) is 0 Å². The van der Waals surface area contributed by atoms with Crippen LogP contribution in [0.2, 0.25) is 0 Å². The van der Waals surface area contributed by atoms with Crippen molar-refractivity contribution in [3.8, 4) is 0 Å². The standard InChI is InChI=1S/2C18H36O2.2C3H7.O.Ti/c2*1-2-3-4-5-6-7-8-9-10-11-12-13-14-15-16-17-18(19)20;2*1-3-2;;/h2*2-17H2,1H3,(H,19,20);2*3H,1-2H3;;/q;;2*-1;;+2. The first-order valence-corrected chi connectivity index (χ1v) is 21.1. The molecular formula is C42H86O5Ti. The summed E-state index contributed by atoms with van der Waals surface area (Å²) >= 11 is 0.750. The summed E-state index contributed by atoms with van der Waals surface area (Å²) in [5.74, 6) is -1.31. The number of hydrogen-bond donors (Lipinski definition) is 2. The second-order valence-corrected chi connectivity index (χ2v) is 13.3. The summed E-state index contributed by atoms with van der Waals surface area (Å²) in [5.41, 5.74) is 0. The molecule has 0 aliphatic rings. The van der Waals surface area contributed by atoms with Gasteiger partial charge in [-0.25, -0.2) is 0 Å². The van der Waals surface area contributed by atoms with Gasteiger partial charge in [-0.15, -0.1) is 0 Å². The fourth-order valence-corrected chi connectivity index (χ4v) is 5.30. The third-order valence-corrected chi connectivity index (χ3v) is 7.99. The summed E-state index contributed by atoms with van der Waals surface area (Å²) in [5, 5.41) is 17.0. The monoisotopic (exact) mass is 719 g/mol. The van der Waals surface area contributed by atoms with Gasteiger partial charge in [-0.05, 0) is 12.8 Å². The Morgan fingerprint density at radius 1 is 0.354 bits per heavy atom. The minimum absolute atomic E-state index is 0.345. The number of carboxylic acids is 2. The molecule has 0 atom stereocenters. The van der Waals surface area contributed by atoms with Gasteiger partial charge in [0.1, 0.15) is 0 Å². The van der Waals surface area contributed by atoms with Crippen LogP contribution in [0.1, 0.15) is 247 Å². The summed E-state index contributed by atoms with van der Waals surface area (Å²) in [6, 6.07) is 0. The third-order valence-electron chi connectivity index (χ3n) is 7.99. The molecule has 0 radical (unpaired) electrons. The van der Waals surface area contributed by atoms with Gasteiger partial charge in [-0.2, -0.15) is 27.7 Å². The van der Waals surface area contributed by atoms with Crippen LogP contribution in [0.3, 0.4) is 0 Å². The SMILES string of the molecule is CCCCCCCCCCCCCCCCCC(=O)O.CCCCCCCCCCCCCCCCCC(=O)O.C[CH-]C.C[CH-]C.[O]=[Ti+2]. The zero-order valence-electron chi connectivity index (χ0n) is 33.4. The predicted octanol–water partition coefficient (Wildman–Crippen LogP) is 15.0. The van der Waals surface area contributed by atoms with Crippen LogP contribution < -0.4 is 0 Å². The maximum absolute atomic E-state index is 10.3. The van der Waals surface area contributed by atoms with Crippen molar-refractivity contribution in [1.82, 2.24) is 0 Å². The van der Waals surface area contributed by atoms with Gasteiger partial charge in [-0.1, -0.05) is 194 Å². The zero-order valence-corrected chi connectivity index (χ0v) is 35.0. The first-order valence-electron chi connectivity index (χ1n) is 20.5. The number of unbranched alkanes of at least 4 members (excludes halogenated alkanes) is 28. The van der Waals surface area contributed by atoms with Gasteiger partial charge < -0.3 is 23.1 Å². The van der Waals surface area contributed by atoms with E-state index in [1.165, 1.54) is 167 Å². The van der Waals surface area contributed by atoms with E-state index in [0.717, 1.165) is 46.1 Å². The van der Waals surface area contributed by atoms with Crippen LogP contribution in [0, 0.1) is 12.8 Å². The average molecular weight is 719 g/mol. The van der Waals surface area contributed by atoms with Crippen molar-refractivity contribution >= 4 is 11.9 Å². The molecule has 0 aliphatic heterocycles. The van der Waals surface area contributed by atoms with Crippen LogP contribution >= 0.6 is 0 Å². The molecular weight excluding hydrogens is 632 g/mol. The van der Waals surface area contributed by atoms with Crippen molar-refractivity contribution in [3.05, 3.63) is 12.8 Å². The molecule has 288 valence electrons. The summed E-state index contributed by atoms with van der Waals surface area (Å²) in [7, 11) is 0. The molecule has 0 saturated heterocycles. The topological polar surface area (TPSA) is 91.7 Å². The van der Waals surface area contributed by atoms with Crippen molar-refractivity contribution < 1.29 is 43.5 Å². The molecule has 0 aromatic carbocycles. The van der Waals surface area contributed by atoms with E-state index in [9.17, 15) is 9.59 Å². The molecule has 6 heteroatoms. The van der Waals surface area contributed by atoms with E-state index >= 15 is 0 Å². The Morgan fingerprint density at radius 2 is 0.479 bits per heavy atom. The minimum atomic E-state index is -0.653. The third kappa shape index (κ3) is 80.3. The molecule has 0 fully saturated rings. The maximum atomic E-state index is 10.3. The van der Waals surface area contributed by atoms with Crippen molar-refractivity contribution in [1.29, 1.82) is 0 Å². The quantitative estimate of drug-likeness (QED) is 0.0410.